The van der Waals surface area contributed by atoms with Gasteiger partial charge in [-0.3, -0.25) is 4.79 Å². The lowest BCUT2D eigenvalue weighted by molar-refractivity contribution is -0.186. The van der Waals surface area contributed by atoms with Crippen molar-refractivity contribution in [2.75, 3.05) is 6.54 Å². The average Bonchev–Trinajstić information content (AvgIpc) is 2.95. The van der Waals surface area contributed by atoms with Crippen molar-refractivity contribution in [3.05, 3.63) is 23.6 Å². The molecule has 0 aromatic carbocycles. The molecule has 146 valence electrons. The van der Waals surface area contributed by atoms with Gasteiger partial charge in [0.15, 0.2) is 0 Å². The number of aromatic nitrogens is 1. The van der Waals surface area contributed by atoms with Crippen molar-refractivity contribution >= 4 is 16.0 Å². The van der Waals surface area contributed by atoms with Gasteiger partial charge in [-0.2, -0.15) is 34.8 Å². The topological polar surface area (TPSA) is 76.6 Å². The van der Waals surface area contributed by atoms with E-state index in [4.69, 9.17) is 0 Å². The summed E-state index contributed by atoms with van der Waals surface area (Å²) in [5, 5.41) is 0. The molecule has 6 nitrogen and oxygen atoms in total. The van der Waals surface area contributed by atoms with Crippen LogP contribution in [0.25, 0.3) is 0 Å². The van der Waals surface area contributed by atoms with Crippen molar-refractivity contribution < 1.29 is 48.1 Å². The monoisotopic (exact) mass is 410 g/mol. The van der Waals surface area contributed by atoms with E-state index in [1.807, 2.05) is 0 Å². The molecular formula is C12H9F7N2O4S. The largest absolute Gasteiger partial charge is 0.534 e. The molecular weight excluding hydrogens is 401 g/mol. The number of carbonyl (C=O) groups is 1. The molecule has 0 spiro atoms. The fourth-order valence-electron chi connectivity index (χ4n) is 2.40. The third kappa shape index (κ3) is 3.99. The number of halogens is 7. The second kappa shape index (κ2) is 6.55. The smallest absolute Gasteiger partial charge is 0.355 e. The van der Waals surface area contributed by atoms with E-state index in [1.165, 1.54) is 0 Å². The first-order chi connectivity index (χ1) is 11.7. The van der Waals surface area contributed by atoms with Crippen LogP contribution in [0.1, 0.15) is 24.4 Å². The Morgan fingerprint density at radius 1 is 1.23 bits per heavy atom. The predicted octanol–water partition coefficient (Wildman–Crippen LogP) is 2.67. The standard InChI is InChI=1S/C12H9F7N2O4S/c13-6-4-7(8-2-1-3-21(8)10(22)11(14,15)16)9(20-5-6)25-26(23,24)12(17,18)19/h4-5,8H,1-3H2/t8-/m1/s1. The van der Waals surface area contributed by atoms with E-state index in [2.05, 4.69) is 9.17 Å². The Labute approximate surface area is 141 Å². The van der Waals surface area contributed by atoms with E-state index in [9.17, 15) is 43.9 Å². The molecule has 1 saturated heterocycles. The molecule has 1 amide bonds. The molecule has 1 aromatic rings. The lowest BCUT2D eigenvalue weighted by atomic mass is 10.1. The van der Waals surface area contributed by atoms with E-state index in [0.29, 0.717) is 12.3 Å². The highest BCUT2D eigenvalue weighted by molar-refractivity contribution is 7.87. The fourth-order valence-corrected chi connectivity index (χ4v) is 2.84. The first kappa shape index (κ1) is 20.2. The number of hydrogen-bond acceptors (Lipinski definition) is 5. The zero-order valence-electron chi connectivity index (χ0n) is 12.4. The molecule has 0 unspecified atom stereocenters. The maximum absolute atomic E-state index is 13.4. The zero-order chi connectivity index (χ0) is 19.9. The van der Waals surface area contributed by atoms with Gasteiger partial charge in [0.25, 0.3) is 0 Å². The van der Waals surface area contributed by atoms with E-state index >= 15 is 0 Å². The lowest BCUT2D eigenvalue weighted by Crippen LogP contribution is -2.40. The minimum Gasteiger partial charge on any atom is -0.355 e. The maximum atomic E-state index is 13.4. The van der Waals surface area contributed by atoms with Gasteiger partial charge in [-0.15, -0.1) is 0 Å². The van der Waals surface area contributed by atoms with E-state index in [1.54, 1.807) is 0 Å². The van der Waals surface area contributed by atoms with Crippen molar-refractivity contribution in [3.63, 3.8) is 0 Å². The number of rotatable bonds is 3. The highest BCUT2D eigenvalue weighted by atomic mass is 32.2. The summed E-state index contributed by atoms with van der Waals surface area (Å²) in [5.74, 6) is -4.72. The van der Waals surface area contributed by atoms with Crippen LogP contribution in [0, 0.1) is 5.82 Å². The van der Waals surface area contributed by atoms with E-state index in [0.717, 1.165) is 0 Å². The summed E-state index contributed by atoms with van der Waals surface area (Å²) in [7, 11) is -6.19. The van der Waals surface area contributed by atoms with Crippen LogP contribution >= 0.6 is 0 Å². The highest BCUT2D eigenvalue weighted by Crippen LogP contribution is 2.40. The molecule has 1 aliphatic rings. The molecule has 14 heteroatoms. The van der Waals surface area contributed by atoms with Gasteiger partial charge in [0.1, 0.15) is 5.82 Å². The normalized spacial score (nSPS) is 18.9. The van der Waals surface area contributed by atoms with Crippen LogP contribution in [0.5, 0.6) is 5.88 Å². The number of nitrogens with zero attached hydrogens (tertiary/aromatic N) is 2. The van der Waals surface area contributed by atoms with Crippen LogP contribution in [-0.2, 0) is 14.9 Å². The van der Waals surface area contributed by atoms with Crippen molar-refractivity contribution in [1.82, 2.24) is 9.88 Å². The van der Waals surface area contributed by atoms with Crippen molar-refractivity contribution in [2.45, 2.75) is 30.6 Å². The number of carbonyl (C=O) groups excluding carboxylic acids is 1. The molecule has 26 heavy (non-hydrogen) atoms. The van der Waals surface area contributed by atoms with Gasteiger partial charge in [-0.1, -0.05) is 0 Å². The first-order valence-corrected chi connectivity index (χ1v) is 8.19. The number of likely N-dealkylation sites (tertiary alicyclic amines) is 1. The van der Waals surface area contributed by atoms with Gasteiger partial charge in [-0.25, -0.2) is 9.37 Å². The van der Waals surface area contributed by atoms with Crippen LogP contribution < -0.4 is 4.18 Å². The second-order valence-electron chi connectivity index (χ2n) is 5.19. The van der Waals surface area contributed by atoms with Gasteiger partial charge in [0.05, 0.1) is 12.2 Å². The molecule has 2 heterocycles. The molecule has 1 aliphatic heterocycles. The Hall–Kier alpha value is -2.12. The Bertz CT molecular complexity index is 807. The minimum atomic E-state index is -6.19. The number of amides is 1. The van der Waals surface area contributed by atoms with Crippen LogP contribution in [0.3, 0.4) is 0 Å². The molecule has 0 saturated carbocycles. The molecule has 0 aliphatic carbocycles. The van der Waals surface area contributed by atoms with Crippen LogP contribution in [0.2, 0.25) is 0 Å². The van der Waals surface area contributed by atoms with Crippen molar-refractivity contribution in [1.29, 1.82) is 0 Å². The third-order valence-corrected chi connectivity index (χ3v) is 4.38. The molecule has 2 rings (SSSR count). The van der Waals surface area contributed by atoms with Crippen molar-refractivity contribution in [2.24, 2.45) is 0 Å². The zero-order valence-corrected chi connectivity index (χ0v) is 13.3. The molecule has 0 radical (unpaired) electrons. The molecule has 1 aromatic heterocycles. The summed E-state index contributed by atoms with van der Waals surface area (Å²) >= 11 is 0. The Kier molecular flexibility index (Phi) is 5.09. The van der Waals surface area contributed by atoms with Gasteiger partial charge < -0.3 is 9.08 Å². The van der Waals surface area contributed by atoms with E-state index in [-0.39, 0.29) is 17.7 Å². The summed E-state index contributed by atoms with van der Waals surface area (Å²) in [5.41, 5.74) is -6.55. The maximum Gasteiger partial charge on any atom is 0.534 e. The Morgan fingerprint density at radius 3 is 2.38 bits per heavy atom. The van der Waals surface area contributed by atoms with Crippen LogP contribution in [-0.4, -0.2) is 42.4 Å². The molecule has 1 atom stereocenters. The van der Waals surface area contributed by atoms with Crippen LogP contribution in [0.4, 0.5) is 30.7 Å². The van der Waals surface area contributed by atoms with E-state index < -0.39 is 57.6 Å². The first-order valence-electron chi connectivity index (χ1n) is 6.78. The minimum absolute atomic E-state index is 0.0223. The summed E-state index contributed by atoms with van der Waals surface area (Å²) < 4.78 is 115. The van der Waals surface area contributed by atoms with Crippen LogP contribution in [0.15, 0.2) is 12.3 Å². The Morgan fingerprint density at radius 2 is 1.85 bits per heavy atom. The van der Waals surface area contributed by atoms with Gasteiger partial charge in [0.2, 0.25) is 5.88 Å². The Balaban J connectivity index is 2.46. The predicted molar refractivity (Wildman–Crippen MR) is 69.5 cm³/mol. The number of alkyl halides is 6. The summed E-state index contributed by atoms with van der Waals surface area (Å²) in [6.07, 6.45) is -5.11. The second-order valence-corrected chi connectivity index (χ2v) is 6.72. The van der Waals surface area contributed by atoms with Crippen molar-refractivity contribution in [3.8, 4) is 5.88 Å². The summed E-state index contributed by atoms with van der Waals surface area (Å²) in [6, 6.07) is -1.08. The van der Waals surface area contributed by atoms with Gasteiger partial charge in [0, 0.05) is 12.1 Å². The molecule has 1 fully saturated rings. The third-order valence-electron chi connectivity index (χ3n) is 3.43. The lowest BCUT2D eigenvalue weighted by Gasteiger charge is -2.26. The summed E-state index contributed by atoms with van der Waals surface area (Å²) in [4.78, 5) is 14.8. The quantitative estimate of drug-likeness (QED) is 0.435. The number of hydrogen-bond donors (Lipinski definition) is 0. The number of pyridine rings is 1. The fraction of sp³-hybridized carbons (Fsp3) is 0.500. The summed E-state index contributed by atoms with van der Waals surface area (Å²) in [6.45, 7) is -0.412. The van der Waals surface area contributed by atoms with Gasteiger partial charge in [-0.05, 0) is 18.9 Å². The molecule has 0 N–H and O–H groups in total. The SMILES string of the molecule is O=C(N1CCC[C@@H]1c1cc(F)cnc1OS(=O)(=O)C(F)(F)F)C(F)(F)F. The highest BCUT2D eigenvalue weighted by Gasteiger charge is 2.50. The average molecular weight is 410 g/mol. The molecule has 0 bridgehead atoms. The van der Waals surface area contributed by atoms with Gasteiger partial charge >= 0.3 is 27.7 Å².